The summed E-state index contributed by atoms with van der Waals surface area (Å²) in [5, 5.41) is 4.23. The van der Waals surface area contributed by atoms with Crippen molar-refractivity contribution in [3.8, 4) is 17.2 Å². The molecule has 94 valence electrons. The van der Waals surface area contributed by atoms with Crippen molar-refractivity contribution >= 4 is 5.82 Å². The van der Waals surface area contributed by atoms with Crippen molar-refractivity contribution in [2.24, 2.45) is 0 Å². The van der Waals surface area contributed by atoms with Gasteiger partial charge in [-0.2, -0.15) is 5.10 Å². The van der Waals surface area contributed by atoms with E-state index < -0.39 is 0 Å². The van der Waals surface area contributed by atoms with Crippen molar-refractivity contribution in [2.75, 3.05) is 5.73 Å². The summed E-state index contributed by atoms with van der Waals surface area (Å²) in [5.74, 6) is 1.69. The van der Waals surface area contributed by atoms with Gasteiger partial charge in [0.2, 0.25) is 0 Å². The SMILES string of the molecule is Cc1cnn(-c2cc(N)nc(-c3ccccc3)n2)c1. The van der Waals surface area contributed by atoms with Gasteiger partial charge in [0.05, 0.1) is 6.20 Å². The van der Waals surface area contributed by atoms with Gasteiger partial charge in [0.25, 0.3) is 0 Å². The second kappa shape index (κ2) is 4.53. The van der Waals surface area contributed by atoms with Crippen molar-refractivity contribution in [3.63, 3.8) is 0 Å². The molecule has 3 aromatic rings. The highest BCUT2D eigenvalue weighted by Gasteiger charge is 2.07. The molecule has 19 heavy (non-hydrogen) atoms. The highest BCUT2D eigenvalue weighted by atomic mass is 15.3. The van der Waals surface area contributed by atoms with Gasteiger partial charge < -0.3 is 5.73 Å². The van der Waals surface area contributed by atoms with Crippen molar-refractivity contribution < 1.29 is 0 Å². The maximum absolute atomic E-state index is 5.85. The summed E-state index contributed by atoms with van der Waals surface area (Å²) in [6, 6.07) is 11.4. The first kappa shape index (κ1) is 11.4. The minimum atomic E-state index is 0.428. The molecule has 0 saturated heterocycles. The average molecular weight is 251 g/mol. The minimum absolute atomic E-state index is 0.428. The molecule has 3 rings (SSSR count). The molecule has 0 amide bonds. The van der Waals surface area contributed by atoms with Gasteiger partial charge in [-0.15, -0.1) is 0 Å². The number of nitrogens with zero attached hydrogens (tertiary/aromatic N) is 4. The second-order valence-corrected chi connectivity index (χ2v) is 4.30. The summed E-state index contributed by atoms with van der Waals surface area (Å²) in [6.45, 7) is 1.98. The molecule has 5 nitrogen and oxygen atoms in total. The Kier molecular flexibility index (Phi) is 2.72. The predicted molar refractivity (Wildman–Crippen MR) is 73.7 cm³/mol. The largest absolute Gasteiger partial charge is 0.384 e. The normalized spacial score (nSPS) is 10.6. The molecular formula is C14H13N5. The topological polar surface area (TPSA) is 69.6 Å². The van der Waals surface area contributed by atoms with Crippen LogP contribution in [0.15, 0.2) is 48.8 Å². The van der Waals surface area contributed by atoms with Crippen molar-refractivity contribution in [1.29, 1.82) is 0 Å². The summed E-state index contributed by atoms with van der Waals surface area (Å²) in [7, 11) is 0. The quantitative estimate of drug-likeness (QED) is 0.758. The van der Waals surface area contributed by atoms with Gasteiger partial charge in [-0.25, -0.2) is 14.6 Å². The molecule has 0 fully saturated rings. The van der Waals surface area contributed by atoms with E-state index in [2.05, 4.69) is 15.1 Å². The first-order valence-electron chi connectivity index (χ1n) is 5.94. The van der Waals surface area contributed by atoms with Crippen molar-refractivity contribution in [3.05, 3.63) is 54.4 Å². The zero-order valence-electron chi connectivity index (χ0n) is 10.5. The van der Waals surface area contributed by atoms with Gasteiger partial charge in [0.1, 0.15) is 5.82 Å². The lowest BCUT2D eigenvalue weighted by molar-refractivity contribution is 0.842. The third-order valence-electron chi connectivity index (χ3n) is 2.71. The van der Waals surface area contributed by atoms with Gasteiger partial charge in [-0.1, -0.05) is 30.3 Å². The number of benzene rings is 1. The number of aryl methyl sites for hydroxylation is 1. The van der Waals surface area contributed by atoms with E-state index in [4.69, 9.17) is 5.73 Å². The Morgan fingerprint density at radius 2 is 1.89 bits per heavy atom. The number of nitrogens with two attached hydrogens (primary N) is 1. The number of aromatic nitrogens is 4. The van der Waals surface area contributed by atoms with E-state index in [-0.39, 0.29) is 0 Å². The summed E-state index contributed by atoms with van der Waals surface area (Å²) >= 11 is 0. The summed E-state index contributed by atoms with van der Waals surface area (Å²) in [4.78, 5) is 8.76. The fourth-order valence-electron chi connectivity index (χ4n) is 1.82. The fraction of sp³-hybridized carbons (Fsp3) is 0.0714. The number of hydrogen-bond donors (Lipinski definition) is 1. The van der Waals surface area contributed by atoms with Gasteiger partial charge in [-0.3, -0.25) is 0 Å². The maximum Gasteiger partial charge on any atom is 0.163 e. The van der Waals surface area contributed by atoms with Crippen LogP contribution < -0.4 is 5.73 Å². The van der Waals surface area contributed by atoms with Crippen LogP contribution in [0.1, 0.15) is 5.56 Å². The Morgan fingerprint density at radius 1 is 1.11 bits per heavy atom. The van der Waals surface area contributed by atoms with Crippen molar-refractivity contribution in [1.82, 2.24) is 19.7 Å². The fourth-order valence-corrected chi connectivity index (χ4v) is 1.82. The van der Waals surface area contributed by atoms with E-state index in [0.717, 1.165) is 11.1 Å². The van der Waals surface area contributed by atoms with E-state index in [1.807, 2.05) is 43.5 Å². The molecule has 0 radical (unpaired) electrons. The van der Waals surface area contributed by atoms with E-state index in [1.165, 1.54) is 0 Å². The van der Waals surface area contributed by atoms with Crippen LogP contribution in [-0.2, 0) is 0 Å². The number of nitrogen functional groups attached to an aromatic ring is 1. The molecule has 0 unspecified atom stereocenters. The Hall–Kier alpha value is -2.69. The van der Waals surface area contributed by atoms with Gasteiger partial charge in [0.15, 0.2) is 11.6 Å². The van der Waals surface area contributed by atoms with Crippen LogP contribution in [0.3, 0.4) is 0 Å². The van der Waals surface area contributed by atoms with Crippen LogP contribution in [0.4, 0.5) is 5.82 Å². The molecule has 0 aliphatic rings. The zero-order valence-corrected chi connectivity index (χ0v) is 10.5. The molecule has 2 N–H and O–H groups in total. The molecule has 0 aliphatic carbocycles. The smallest absolute Gasteiger partial charge is 0.163 e. The molecule has 0 saturated carbocycles. The number of rotatable bonds is 2. The van der Waals surface area contributed by atoms with Crippen LogP contribution in [0.2, 0.25) is 0 Å². The molecule has 0 atom stereocenters. The van der Waals surface area contributed by atoms with Crippen LogP contribution in [0.25, 0.3) is 17.2 Å². The first-order chi connectivity index (χ1) is 9.22. The maximum atomic E-state index is 5.85. The van der Waals surface area contributed by atoms with E-state index in [1.54, 1.807) is 16.9 Å². The van der Waals surface area contributed by atoms with Gasteiger partial charge >= 0.3 is 0 Å². The van der Waals surface area contributed by atoms with E-state index in [0.29, 0.717) is 17.5 Å². The van der Waals surface area contributed by atoms with Crippen LogP contribution in [0.5, 0.6) is 0 Å². The lowest BCUT2D eigenvalue weighted by atomic mass is 10.2. The third kappa shape index (κ3) is 2.30. The highest BCUT2D eigenvalue weighted by Crippen LogP contribution is 2.18. The van der Waals surface area contributed by atoms with Gasteiger partial charge in [0, 0.05) is 17.8 Å². The van der Waals surface area contributed by atoms with Gasteiger partial charge in [-0.05, 0) is 12.5 Å². The minimum Gasteiger partial charge on any atom is -0.384 e. The summed E-state index contributed by atoms with van der Waals surface area (Å²) in [5.41, 5.74) is 7.85. The molecule has 0 aliphatic heterocycles. The predicted octanol–water partition coefficient (Wildman–Crippen LogP) is 2.22. The Morgan fingerprint density at radius 3 is 2.58 bits per heavy atom. The summed E-state index contributed by atoms with van der Waals surface area (Å²) < 4.78 is 1.69. The number of anilines is 1. The van der Waals surface area contributed by atoms with E-state index >= 15 is 0 Å². The molecule has 0 bridgehead atoms. The Balaban J connectivity index is 2.11. The molecule has 1 aromatic carbocycles. The summed E-state index contributed by atoms with van der Waals surface area (Å²) in [6.07, 6.45) is 3.68. The average Bonchev–Trinajstić information content (AvgIpc) is 2.86. The zero-order chi connectivity index (χ0) is 13.2. The second-order valence-electron chi connectivity index (χ2n) is 4.30. The molecule has 0 spiro atoms. The number of hydrogen-bond acceptors (Lipinski definition) is 4. The molecule has 2 aromatic heterocycles. The lowest BCUT2D eigenvalue weighted by Gasteiger charge is -2.05. The molecular weight excluding hydrogens is 238 g/mol. The first-order valence-corrected chi connectivity index (χ1v) is 5.94. The highest BCUT2D eigenvalue weighted by molar-refractivity contribution is 5.58. The van der Waals surface area contributed by atoms with Crippen LogP contribution in [0, 0.1) is 6.92 Å². The molecule has 2 heterocycles. The van der Waals surface area contributed by atoms with Crippen LogP contribution >= 0.6 is 0 Å². The van der Waals surface area contributed by atoms with Crippen LogP contribution in [-0.4, -0.2) is 19.7 Å². The molecule has 5 heteroatoms. The Bertz CT molecular complexity index is 703. The standard InChI is InChI=1S/C14H13N5/c1-10-8-16-19(9-10)13-7-12(15)17-14(18-13)11-5-3-2-4-6-11/h2-9H,1H3,(H2,15,17,18). The lowest BCUT2D eigenvalue weighted by Crippen LogP contribution is -2.03. The third-order valence-corrected chi connectivity index (χ3v) is 2.71. The Labute approximate surface area is 110 Å². The van der Waals surface area contributed by atoms with Crippen molar-refractivity contribution in [2.45, 2.75) is 6.92 Å². The monoisotopic (exact) mass is 251 g/mol. The van der Waals surface area contributed by atoms with E-state index in [9.17, 15) is 0 Å².